The van der Waals surface area contributed by atoms with Crippen LogP contribution < -0.4 is 4.74 Å². The minimum atomic E-state index is -0.316. The largest absolute Gasteiger partial charge is 0.497 e. The van der Waals surface area contributed by atoms with Gasteiger partial charge in [0.15, 0.2) is 0 Å². The van der Waals surface area contributed by atoms with Gasteiger partial charge in [0.2, 0.25) is 5.91 Å². The number of amides is 1. The highest BCUT2D eigenvalue weighted by Gasteiger charge is 2.72. The van der Waals surface area contributed by atoms with E-state index in [1.54, 1.807) is 7.11 Å². The molecular formula is C44H63N3O3. The summed E-state index contributed by atoms with van der Waals surface area (Å²) in [4.78, 5) is 26.2. The Morgan fingerprint density at radius 2 is 1.68 bits per heavy atom. The molecule has 0 bridgehead atoms. The minimum absolute atomic E-state index is 0.00445. The molecular weight excluding hydrogens is 619 g/mol. The Morgan fingerprint density at radius 3 is 2.40 bits per heavy atom. The van der Waals surface area contributed by atoms with Crippen molar-refractivity contribution in [2.45, 2.75) is 131 Å². The van der Waals surface area contributed by atoms with Crippen LogP contribution in [0.4, 0.5) is 0 Å². The maximum atomic E-state index is 15.4. The average Bonchev–Trinajstić information content (AvgIpc) is 3.86. The van der Waals surface area contributed by atoms with Crippen LogP contribution in [0.25, 0.3) is 11.3 Å². The zero-order valence-corrected chi connectivity index (χ0v) is 32.0. The van der Waals surface area contributed by atoms with Crippen LogP contribution in [0.2, 0.25) is 0 Å². The van der Waals surface area contributed by atoms with E-state index in [-0.39, 0.29) is 39.2 Å². The number of H-pyrrole nitrogens is 1. The van der Waals surface area contributed by atoms with E-state index in [0.717, 1.165) is 80.7 Å². The van der Waals surface area contributed by atoms with E-state index < -0.39 is 0 Å². The number of hydrogen-bond donors (Lipinski definition) is 2. The van der Waals surface area contributed by atoms with Gasteiger partial charge in [-0.15, -0.1) is 0 Å². The van der Waals surface area contributed by atoms with Crippen molar-refractivity contribution in [2.75, 3.05) is 13.7 Å². The number of allylic oxidation sites excluding steroid dienone is 1. The molecule has 3 unspecified atom stereocenters. The predicted octanol–water partition coefficient (Wildman–Crippen LogP) is 9.77. The average molecular weight is 682 g/mol. The molecule has 6 aliphatic rings. The molecule has 50 heavy (non-hydrogen) atoms. The molecule has 6 fully saturated rings. The van der Waals surface area contributed by atoms with Gasteiger partial charge in [0.25, 0.3) is 0 Å². The maximum Gasteiger partial charge on any atom is 0.229 e. The first-order valence-electron chi connectivity index (χ1n) is 20.1. The van der Waals surface area contributed by atoms with Crippen LogP contribution in [0.1, 0.15) is 130 Å². The summed E-state index contributed by atoms with van der Waals surface area (Å²) in [5.41, 5.74) is 3.68. The van der Waals surface area contributed by atoms with Crippen molar-refractivity contribution in [1.82, 2.24) is 14.9 Å². The molecule has 272 valence electrons. The van der Waals surface area contributed by atoms with Crippen molar-refractivity contribution in [3.05, 3.63) is 48.4 Å². The maximum absolute atomic E-state index is 15.4. The smallest absolute Gasteiger partial charge is 0.229 e. The molecule has 5 saturated carbocycles. The van der Waals surface area contributed by atoms with Gasteiger partial charge in [-0.1, -0.05) is 46.8 Å². The number of nitrogens with one attached hydrogen (secondary N) is 1. The minimum Gasteiger partial charge on any atom is -0.497 e. The third-order valence-corrected chi connectivity index (χ3v) is 17.3. The molecule has 0 spiro atoms. The molecule has 6 nitrogen and oxygen atoms in total. The van der Waals surface area contributed by atoms with Gasteiger partial charge in [-0.05, 0) is 165 Å². The van der Waals surface area contributed by atoms with Crippen LogP contribution in [0.15, 0.2) is 42.6 Å². The number of imidazole rings is 1. The first-order valence-corrected chi connectivity index (χ1v) is 20.1. The zero-order valence-electron chi connectivity index (χ0n) is 32.0. The van der Waals surface area contributed by atoms with E-state index in [1.807, 2.05) is 18.3 Å². The topological polar surface area (TPSA) is 78.5 Å². The van der Waals surface area contributed by atoms with Gasteiger partial charge in [0, 0.05) is 6.54 Å². The summed E-state index contributed by atoms with van der Waals surface area (Å²) in [6.45, 7) is 20.3. The number of likely N-dealkylation sites (tertiary alicyclic amines) is 1. The Bertz CT molecular complexity index is 1650. The molecule has 2 aromatic rings. The van der Waals surface area contributed by atoms with Gasteiger partial charge < -0.3 is 19.7 Å². The van der Waals surface area contributed by atoms with Crippen molar-refractivity contribution in [3.63, 3.8) is 0 Å². The van der Waals surface area contributed by atoms with Crippen LogP contribution in [0.3, 0.4) is 0 Å². The van der Waals surface area contributed by atoms with E-state index in [4.69, 9.17) is 9.72 Å². The first-order chi connectivity index (χ1) is 23.7. The summed E-state index contributed by atoms with van der Waals surface area (Å²) >= 11 is 0. The van der Waals surface area contributed by atoms with Gasteiger partial charge in [-0.25, -0.2) is 4.98 Å². The summed E-state index contributed by atoms with van der Waals surface area (Å²) in [5.74, 6) is 4.68. The number of carbonyl (C=O) groups is 1. The first kappa shape index (κ1) is 34.5. The Kier molecular flexibility index (Phi) is 8.07. The van der Waals surface area contributed by atoms with Crippen molar-refractivity contribution < 1.29 is 14.6 Å². The molecule has 11 atom stereocenters. The van der Waals surface area contributed by atoms with E-state index >= 15 is 4.79 Å². The number of benzene rings is 1. The van der Waals surface area contributed by atoms with Gasteiger partial charge in [0.1, 0.15) is 11.6 Å². The molecule has 5 aliphatic carbocycles. The molecule has 2 heterocycles. The Morgan fingerprint density at radius 1 is 0.920 bits per heavy atom. The fourth-order valence-corrected chi connectivity index (χ4v) is 14.5. The van der Waals surface area contributed by atoms with Crippen molar-refractivity contribution in [2.24, 2.45) is 56.7 Å². The number of aromatic nitrogens is 2. The third kappa shape index (κ3) is 4.61. The second-order valence-electron chi connectivity index (χ2n) is 19.3. The molecule has 1 aromatic heterocycles. The fourth-order valence-electron chi connectivity index (χ4n) is 14.5. The number of aliphatic hydroxyl groups is 1. The molecule has 1 aliphatic heterocycles. The zero-order chi connectivity index (χ0) is 35.4. The van der Waals surface area contributed by atoms with Crippen molar-refractivity contribution >= 4 is 5.91 Å². The van der Waals surface area contributed by atoms with Crippen LogP contribution in [0.5, 0.6) is 5.75 Å². The SMILES string of the molecule is C=C(C)[C@@H]1CC[C@]2(C(=O)N3CCCC3c3ncc(-c4ccc(OC)cc4)[nH]3)CC[C@]3(C)[C@H](CCC4[C@@]5(C)CC[C@H](O)C(C)(C)C5CC[C@]43C)[C@@H]12. The summed E-state index contributed by atoms with van der Waals surface area (Å²) in [5, 5.41) is 11.2. The summed E-state index contributed by atoms with van der Waals surface area (Å²) in [6, 6.07) is 8.08. The number of rotatable bonds is 5. The Labute approximate surface area is 301 Å². The predicted molar refractivity (Wildman–Crippen MR) is 199 cm³/mol. The lowest BCUT2D eigenvalue weighted by atomic mass is 9.32. The van der Waals surface area contributed by atoms with E-state index in [0.29, 0.717) is 35.5 Å². The second kappa shape index (κ2) is 11.7. The van der Waals surface area contributed by atoms with E-state index in [1.165, 1.54) is 31.3 Å². The molecule has 1 aromatic carbocycles. The number of nitrogens with zero attached hydrogens (tertiary/aromatic N) is 2. The Balaban J connectivity index is 1.11. The molecule has 0 radical (unpaired) electrons. The standard InChI is InChI=1S/C44H63N3O3/c1-27(2)30-17-22-44(39(49)47-25-9-10-33(47)38-45-26-32(46-38)28-11-13-29(50-8)14-12-28)24-23-42(6)31(37(30)44)15-16-35-41(5)20-19-36(48)40(3,4)34(41)18-21-43(35,42)7/h11-14,26,30-31,33-37,48H,1,9-10,15-25H2,2-8H3,(H,45,46)/t30-,31+,33?,34?,35?,36-,37+,41-,42+,43+,44-/m0/s1. The highest BCUT2D eigenvalue weighted by molar-refractivity contribution is 5.84. The number of fused-ring (bicyclic) bond motifs is 7. The number of ether oxygens (including phenoxy) is 1. The highest BCUT2D eigenvalue weighted by atomic mass is 16.5. The van der Waals surface area contributed by atoms with Gasteiger partial charge in [-0.2, -0.15) is 0 Å². The monoisotopic (exact) mass is 681 g/mol. The van der Waals surface area contributed by atoms with E-state index in [9.17, 15) is 5.11 Å². The molecule has 8 rings (SSSR count). The normalized spacial score (nSPS) is 43.4. The van der Waals surface area contributed by atoms with Crippen molar-refractivity contribution in [1.29, 1.82) is 0 Å². The van der Waals surface area contributed by atoms with Crippen LogP contribution >= 0.6 is 0 Å². The van der Waals surface area contributed by atoms with Gasteiger partial charge in [0.05, 0.1) is 36.6 Å². The number of methoxy groups -OCH3 is 1. The van der Waals surface area contributed by atoms with Crippen LogP contribution in [-0.2, 0) is 4.79 Å². The lowest BCUT2D eigenvalue weighted by Crippen LogP contribution is -2.67. The lowest BCUT2D eigenvalue weighted by molar-refractivity contribution is -0.247. The summed E-state index contributed by atoms with van der Waals surface area (Å²) in [6.07, 6.45) is 14.9. The number of carbonyl (C=O) groups excluding carboxylic acids is 1. The molecule has 6 heteroatoms. The Hall–Kier alpha value is -2.60. The lowest BCUT2D eigenvalue weighted by Gasteiger charge is -2.73. The quantitative estimate of drug-likeness (QED) is 0.308. The molecule has 1 amide bonds. The summed E-state index contributed by atoms with van der Waals surface area (Å²) in [7, 11) is 1.69. The van der Waals surface area contributed by atoms with Gasteiger partial charge in [-0.3, -0.25) is 4.79 Å². The number of aliphatic hydroxyl groups excluding tert-OH is 1. The van der Waals surface area contributed by atoms with Crippen molar-refractivity contribution in [3.8, 4) is 17.0 Å². The second-order valence-corrected chi connectivity index (χ2v) is 19.3. The third-order valence-electron chi connectivity index (χ3n) is 17.3. The van der Waals surface area contributed by atoms with Crippen LogP contribution in [0, 0.1) is 56.7 Å². The number of aromatic amines is 1. The summed E-state index contributed by atoms with van der Waals surface area (Å²) < 4.78 is 5.37. The van der Waals surface area contributed by atoms with E-state index in [2.05, 4.69) is 70.1 Å². The molecule has 2 N–H and O–H groups in total. The fraction of sp³-hybridized carbons (Fsp3) is 0.727. The van der Waals surface area contributed by atoms with Crippen LogP contribution in [-0.4, -0.2) is 45.6 Å². The number of hydrogen-bond acceptors (Lipinski definition) is 4. The molecule has 1 saturated heterocycles. The highest BCUT2D eigenvalue weighted by Crippen LogP contribution is 2.77. The van der Waals surface area contributed by atoms with Gasteiger partial charge >= 0.3 is 0 Å².